The van der Waals surface area contributed by atoms with E-state index in [-0.39, 0.29) is 22.2 Å². The smallest absolute Gasteiger partial charge is 0.340 e. The number of nitrogens with zero attached hydrogens (tertiary/aromatic N) is 4. The SMILES string of the molecule is COC(=O)c1ccccc1-n1ncc(N2CCN(C(=O)c3ccc(OC)cc3)CC2)c(Cl)c1=O. The number of aromatic nitrogens is 2. The number of halogens is 1. The molecule has 1 amide bonds. The van der Waals surface area contributed by atoms with Crippen molar-refractivity contribution in [2.45, 2.75) is 0 Å². The summed E-state index contributed by atoms with van der Waals surface area (Å²) in [5.74, 6) is 0.0379. The molecule has 4 rings (SSSR count). The summed E-state index contributed by atoms with van der Waals surface area (Å²) in [6, 6.07) is 13.5. The zero-order valence-corrected chi connectivity index (χ0v) is 19.5. The highest BCUT2D eigenvalue weighted by atomic mass is 35.5. The minimum atomic E-state index is -0.581. The van der Waals surface area contributed by atoms with Gasteiger partial charge in [0.25, 0.3) is 11.5 Å². The maximum atomic E-state index is 13.0. The lowest BCUT2D eigenvalue weighted by atomic mass is 10.1. The second-order valence-corrected chi connectivity index (χ2v) is 7.96. The Balaban J connectivity index is 1.51. The number of anilines is 1. The van der Waals surface area contributed by atoms with Gasteiger partial charge in [0, 0.05) is 31.7 Å². The molecule has 0 atom stereocenters. The van der Waals surface area contributed by atoms with Gasteiger partial charge in [-0.2, -0.15) is 9.78 Å². The number of carbonyl (C=O) groups excluding carboxylic acids is 2. The predicted octanol–water partition coefficient (Wildman–Crippen LogP) is 2.64. The van der Waals surface area contributed by atoms with Crippen LogP contribution in [0.5, 0.6) is 5.75 Å². The molecule has 1 saturated heterocycles. The fourth-order valence-corrected chi connectivity index (χ4v) is 4.07. The summed E-state index contributed by atoms with van der Waals surface area (Å²) in [6.07, 6.45) is 1.50. The van der Waals surface area contributed by atoms with Gasteiger partial charge in [0.1, 0.15) is 10.8 Å². The normalized spacial score (nSPS) is 13.5. The molecule has 1 fully saturated rings. The largest absolute Gasteiger partial charge is 0.497 e. The third-order valence-corrected chi connectivity index (χ3v) is 6.04. The molecule has 2 heterocycles. The van der Waals surface area contributed by atoms with Crippen LogP contribution in [0.2, 0.25) is 5.02 Å². The number of hydrogen-bond acceptors (Lipinski definition) is 7. The molecule has 2 aromatic carbocycles. The summed E-state index contributed by atoms with van der Waals surface area (Å²) in [4.78, 5) is 41.6. The number of rotatable bonds is 5. The maximum Gasteiger partial charge on any atom is 0.340 e. The number of piperazine rings is 1. The molecule has 0 unspecified atom stereocenters. The number of ether oxygens (including phenoxy) is 2. The Labute approximate surface area is 201 Å². The molecule has 0 bridgehead atoms. The van der Waals surface area contributed by atoms with Crippen LogP contribution in [0, 0.1) is 0 Å². The Kier molecular flexibility index (Phi) is 6.83. The summed E-state index contributed by atoms with van der Waals surface area (Å²) >= 11 is 6.45. The first-order valence-corrected chi connectivity index (χ1v) is 11.0. The van der Waals surface area contributed by atoms with Gasteiger partial charge in [0.15, 0.2) is 0 Å². The number of hydrogen-bond donors (Lipinski definition) is 0. The molecular weight excluding hydrogens is 460 g/mol. The molecule has 10 heteroatoms. The van der Waals surface area contributed by atoms with Crippen LogP contribution in [0.4, 0.5) is 5.69 Å². The van der Waals surface area contributed by atoms with Gasteiger partial charge in [-0.25, -0.2) is 4.79 Å². The fourth-order valence-electron chi connectivity index (χ4n) is 3.82. The van der Waals surface area contributed by atoms with Crippen LogP contribution in [0.1, 0.15) is 20.7 Å². The van der Waals surface area contributed by atoms with Crippen LogP contribution < -0.4 is 15.2 Å². The quantitative estimate of drug-likeness (QED) is 0.516. The molecule has 0 N–H and O–H groups in total. The number of amides is 1. The van der Waals surface area contributed by atoms with Crippen LogP contribution in [-0.4, -0.2) is 67.0 Å². The van der Waals surface area contributed by atoms with E-state index in [0.717, 1.165) is 4.68 Å². The predicted molar refractivity (Wildman–Crippen MR) is 127 cm³/mol. The van der Waals surface area contributed by atoms with E-state index in [1.165, 1.54) is 13.3 Å². The van der Waals surface area contributed by atoms with Crippen molar-refractivity contribution in [3.63, 3.8) is 0 Å². The Bertz CT molecular complexity index is 1270. The number of para-hydroxylation sites is 1. The van der Waals surface area contributed by atoms with E-state index in [0.29, 0.717) is 43.2 Å². The minimum absolute atomic E-state index is 0.00963. The standard InChI is InChI=1S/C24H23ClN4O5/c1-33-17-9-7-16(8-10-17)22(30)28-13-11-27(12-14-28)20-15-26-29(23(31)21(20)25)19-6-4-3-5-18(19)24(32)34-2/h3-10,15H,11-14H2,1-2H3. The lowest BCUT2D eigenvalue weighted by molar-refractivity contribution is 0.0600. The zero-order valence-electron chi connectivity index (χ0n) is 18.7. The highest BCUT2D eigenvalue weighted by Gasteiger charge is 2.25. The van der Waals surface area contributed by atoms with Crippen molar-refractivity contribution in [2.75, 3.05) is 45.3 Å². The van der Waals surface area contributed by atoms with Crippen LogP contribution in [0.15, 0.2) is 59.5 Å². The molecule has 0 spiro atoms. The number of benzene rings is 2. The number of esters is 1. The van der Waals surface area contributed by atoms with Gasteiger partial charge in [-0.15, -0.1) is 0 Å². The van der Waals surface area contributed by atoms with Gasteiger partial charge in [-0.3, -0.25) is 9.59 Å². The average Bonchev–Trinajstić information content (AvgIpc) is 2.89. The highest BCUT2D eigenvalue weighted by Crippen LogP contribution is 2.24. The molecule has 0 saturated carbocycles. The summed E-state index contributed by atoms with van der Waals surface area (Å²) in [5.41, 5.74) is 1.000. The molecule has 176 valence electrons. The average molecular weight is 483 g/mol. The lowest BCUT2D eigenvalue weighted by Gasteiger charge is -2.36. The van der Waals surface area contributed by atoms with Gasteiger partial charge in [0.05, 0.1) is 37.4 Å². The van der Waals surface area contributed by atoms with Crippen molar-refractivity contribution in [2.24, 2.45) is 0 Å². The van der Waals surface area contributed by atoms with E-state index in [2.05, 4.69) is 5.10 Å². The van der Waals surface area contributed by atoms with Crippen molar-refractivity contribution < 1.29 is 19.1 Å². The summed E-state index contributed by atoms with van der Waals surface area (Å²) < 4.78 is 11.0. The summed E-state index contributed by atoms with van der Waals surface area (Å²) in [5, 5.41) is 4.25. The maximum absolute atomic E-state index is 13.0. The third-order valence-electron chi connectivity index (χ3n) is 5.68. The Morgan fingerprint density at radius 3 is 2.26 bits per heavy atom. The topological polar surface area (TPSA) is 94.0 Å². The summed E-state index contributed by atoms with van der Waals surface area (Å²) in [7, 11) is 2.84. The molecular formula is C24H23ClN4O5. The van der Waals surface area contributed by atoms with E-state index in [9.17, 15) is 14.4 Å². The van der Waals surface area contributed by atoms with Gasteiger partial charge in [-0.05, 0) is 36.4 Å². The van der Waals surface area contributed by atoms with Crippen LogP contribution in [0.25, 0.3) is 5.69 Å². The van der Waals surface area contributed by atoms with Crippen molar-refractivity contribution in [3.8, 4) is 11.4 Å². The molecule has 0 radical (unpaired) electrons. The van der Waals surface area contributed by atoms with Crippen molar-refractivity contribution >= 4 is 29.2 Å². The van der Waals surface area contributed by atoms with E-state index < -0.39 is 11.5 Å². The van der Waals surface area contributed by atoms with E-state index >= 15 is 0 Å². The monoisotopic (exact) mass is 482 g/mol. The van der Waals surface area contributed by atoms with E-state index in [4.69, 9.17) is 21.1 Å². The summed E-state index contributed by atoms with van der Waals surface area (Å²) in [6.45, 7) is 1.92. The van der Waals surface area contributed by atoms with Gasteiger partial charge in [-0.1, -0.05) is 23.7 Å². The molecule has 9 nitrogen and oxygen atoms in total. The molecule has 0 aliphatic carbocycles. The molecule has 1 aliphatic heterocycles. The Hall–Kier alpha value is -3.85. The first kappa shape index (κ1) is 23.3. The van der Waals surface area contributed by atoms with Crippen LogP contribution in [0.3, 0.4) is 0 Å². The molecule has 34 heavy (non-hydrogen) atoms. The minimum Gasteiger partial charge on any atom is -0.497 e. The lowest BCUT2D eigenvalue weighted by Crippen LogP contribution is -2.49. The second-order valence-electron chi connectivity index (χ2n) is 7.58. The van der Waals surface area contributed by atoms with Crippen LogP contribution in [-0.2, 0) is 4.74 Å². The molecule has 3 aromatic rings. The van der Waals surface area contributed by atoms with Crippen molar-refractivity contribution in [3.05, 3.63) is 81.2 Å². The highest BCUT2D eigenvalue weighted by molar-refractivity contribution is 6.33. The Morgan fingerprint density at radius 2 is 1.62 bits per heavy atom. The second kappa shape index (κ2) is 9.96. The van der Waals surface area contributed by atoms with Gasteiger partial charge >= 0.3 is 5.97 Å². The Morgan fingerprint density at radius 1 is 0.941 bits per heavy atom. The molecule has 1 aromatic heterocycles. The first-order chi connectivity index (χ1) is 16.4. The van der Waals surface area contributed by atoms with Crippen LogP contribution >= 0.6 is 11.6 Å². The third kappa shape index (κ3) is 4.47. The van der Waals surface area contributed by atoms with Crippen molar-refractivity contribution in [1.29, 1.82) is 0 Å². The fraction of sp³-hybridized carbons (Fsp3) is 0.250. The van der Waals surface area contributed by atoms with Gasteiger partial charge in [0.2, 0.25) is 0 Å². The molecule has 1 aliphatic rings. The van der Waals surface area contributed by atoms with E-state index in [1.807, 2.05) is 4.90 Å². The van der Waals surface area contributed by atoms with E-state index in [1.54, 1.807) is 60.5 Å². The van der Waals surface area contributed by atoms with Crippen molar-refractivity contribution in [1.82, 2.24) is 14.7 Å². The first-order valence-electron chi connectivity index (χ1n) is 10.6. The number of methoxy groups -OCH3 is 2. The number of carbonyl (C=O) groups is 2. The van der Waals surface area contributed by atoms with Gasteiger partial charge < -0.3 is 19.3 Å². The zero-order chi connectivity index (χ0) is 24.2.